The number of aliphatic imine (C=N–C) groups is 1. The van der Waals surface area contributed by atoms with Gasteiger partial charge in [-0.15, -0.1) is 0 Å². The van der Waals surface area contributed by atoms with Gasteiger partial charge in [0.15, 0.2) is 0 Å². The minimum absolute atomic E-state index is 0.0593. The number of hydrogen-bond donors (Lipinski definition) is 1. The van der Waals surface area contributed by atoms with Gasteiger partial charge in [0.1, 0.15) is 5.84 Å². The van der Waals surface area contributed by atoms with Crippen LogP contribution in [0.25, 0.3) is 0 Å². The summed E-state index contributed by atoms with van der Waals surface area (Å²) in [5.74, 6) is 1.16. The molecule has 0 unspecified atom stereocenters. The van der Waals surface area contributed by atoms with Crippen LogP contribution in [0.5, 0.6) is 0 Å². The molecule has 0 aromatic rings. The molecular weight excluding hydrogens is 172 g/mol. The molecular formula is C12H22N2. The second-order valence-electron chi connectivity index (χ2n) is 4.42. The van der Waals surface area contributed by atoms with Crippen LogP contribution in [-0.2, 0) is 0 Å². The quantitative estimate of drug-likeness (QED) is 0.417. The van der Waals surface area contributed by atoms with E-state index in [1.165, 1.54) is 0 Å². The molecule has 0 heterocycles. The first-order chi connectivity index (χ1) is 6.32. The maximum Gasteiger partial charge on any atom is 0.105 e. The molecule has 0 aliphatic rings. The lowest BCUT2D eigenvalue weighted by Gasteiger charge is -2.28. The molecule has 0 amide bonds. The first-order valence-electron chi connectivity index (χ1n) is 4.96. The molecule has 0 aliphatic heterocycles. The number of amidine groups is 1. The van der Waals surface area contributed by atoms with Crippen molar-refractivity contribution in [3.63, 3.8) is 0 Å². The Kier molecular flexibility index (Phi) is 4.61. The lowest BCUT2D eigenvalue weighted by atomic mass is 9.80. The number of nitrogens with two attached hydrogens (primary N) is 1. The third-order valence-electron chi connectivity index (χ3n) is 2.76. The van der Waals surface area contributed by atoms with Gasteiger partial charge in [0, 0.05) is 11.1 Å². The van der Waals surface area contributed by atoms with E-state index in [9.17, 15) is 0 Å². The normalized spacial score (nSPS) is 14.7. The highest BCUT2D eigenvalue weighted by Crippen LogP contribution is 2.26. The third-order valence-corrected chi connectivity index (χ3v) is 2.76. The third kappa shape index (κ3) is 3.36. The van der Waals surface area contributed by atoms with Crippen molar-refractivity contribution >= 4 is 5.84 Å². The van der Waals surface area contributed by atoms with E-state index < -0.39 is 0 Å². The van der Waals surface area contributed by atoms with Gasteiger partial charge in [-0.25, -0.2) is 4.99 Å². The molecule has 0 rings (SSSR count). The van der Waals surface area contributed by atoms with Crippen LogP contribution in [0.15, 0.2) is 29.4 Å². The van der Waals surface area contributed by atoms with Crippen molar-refractivity contribution in [2.24, 2.45) is 22.1 Å². The Morgan fingerprint density at radius 3 is 2.29 bits per heavy atom. The van der Waals surface area contributed by atoms with Gasteiger partial charge in [-0.2, -0.15) is 0 Å². The maximum absolute atomic E-state index is 5.96. The number of hydrogen-bond acceptors (Lipinski definition) is 1. The van der Waals surface area contributed by atoms with E-state index in [-0.39, 0.29) is 5.41 Å². The maximum atomic E-state index is 5.96. The second kappa shape index (κ2) is 4.99. The van der Waals surface area contributed by atoms with Crippen LogP contribution in [0.4, 0.5) is 0 Å². The highest BCUT2D eigenvalue weighted by molar-refractivity contribution is 5.86. The van der Waals surface area contributed by atoms with Crippen molar-refractivity contribution in [2.75, 3.05) is 0 Å². The summed E-state index contributed by atoms with van der Waals surface area (Å²) in [5, 5.41) is 0. The predicted molar refractivity (Wildman–Crippen MR) is 64.2 cm³/mol. The zero-order valence-corrected chi connectivity index (χ0v) is 9.96. The molecule has 2 heteroatoms. The SMILES string of the molecule is C=C/C=C(/C)N=C(N)C(C)(C)C(C)C. The lowest BCUT2D eigenvalue weighted by Crippen LogP contribution is -2.36. The summed E-state index contributed by atoms with van der Waals surface area (Å²) in [6.45, 7) is 14.1. The topological polar surface area (TPSA) is 38.4 Å². The Hall–Kier alpha value is -1.05. The second-order valence-corrected chi connectivity index (χ2v) is 4.42. The van der Waals surface area contributed by atoms with Crippen molar-refractivity contribution in [1.82, 2.24) is 0 Å². The molecule has 0 radical (unpaired) electrons. The summed E-state index contributed by atoms with van der Waals surface area (Å²) in [6.07, 6.45) is 3.57. The molecule has 2 N–H and O–H groups in total. The van der Waals surface area contributed by atoms with Crippen LogP contribution in [0.2, 0.25) is 0 Å². The summed E-state index contributed by atoms with van der Waals surface area (Å²) in [7, 11) is 0. The summed E-state index contributed by atoms with van der Waals surface area (Å²) in [5.41, 5.74) is 6.79. The Morgan fingerprint density at radius 1 is 1.43 bits per heavy atom. The minimum Gasteiger partial charge on any atom is -0.387 e. The Bertz CT molecular complexity index is 257. The van der Waals surface area contributed by atoms with E-state index in [4.69, 9.17) is 5.73 Å². The number of nitrogens with zero attached hydrogens (tertiary/aromatic N) is 1. The zero-order valence-electron chi connectivity index (χ0n) is 9.96. The Labute approximate surface area is 87.6 Å². The van der Waals surface area contributed by atoms with Crippen LogP contribution in [-0.4, -0.2) is 5.84 Å². The Balaban J connectivity index is 4.85. The largest absolute Gasteiger partial charge is 0.387 e. The minimum atomic E-state index is -0.0593. The van der Waals surface area contributed by atoms with E-state index >= 15 is 0 Å². The lowest BCUT2D eigenvalue weighted by molar-refractivity contribution is 0.361. The van der Waals surface area contributed by atoms with Crippen molar-refractivity contribution in [3.05, 3.63) is 24.4 Å². The number of rotatable bonds is 4. The molecule has 0 saturated carbocycles. The van der Waals surface area contributed by atoms with Crippen LogP contribution in [0.1, 0.15) is 34.6 Å². The smallest absolute Gasteiger partial charge is 0.105 e. The average molecular weight is 194 g/mol. The fraction of sp³-hybridized carbons (Fsp3) is 0.583. The molecule has 0 aromatic carbocycles. The van der Waals surface area contributed by atoms with Gasteiger partial charge < -0.3 is 5.73 Å². The molecule has 0 fully saturated rings. The first kappa shape index (κ1) is 12.9. The summed E-state index contributed by atoms with van der Waals surface area (Å²) < 4.78 is 0. The molecule has 80 valence electrons. The highest BCUT2D eigenvalue weighted by Gasteiger charge is 2.26. The van der Waals surface area contributed by atoms with Crippen LogP contribution in [0, 0.1) is 11.3 Å². The van der Waals surface area contributed by atoms with Crippen molar-refractivity contribution < 1.29 is 0 Å². The molecule has 0 aromatic heterocycles. The molecule has 0 bridgehead atoms. The van der Waals surface area contributed by atoms with E-state index in [1.807, 2.05) is 13.0 Å². The van der Waals surface area contributed by atoms with Crippen molar-refractivity contribution in [3.8, 4) is 0 Å². The van der Waals surface area contributed by atoms with Gasteiger partial charge in [0.05, 0.1) is 0 Å². The molecule has 0 atom stereocenters. The van der Waals surface area contributed by atoms with Gasteiger partial charge in [-0.3, -0.25) is 0 Å². The predicted octanol–water partition coefficient (Wildman–Crippen LogP) is 3.12. The van der Waals surface area contributed by atoms with Crippen LogP contribution >= 0.6 is 0 Å². The highest BCUT2D eigenvalue weighted by atomic mass is 14.9. The monoisotopic (exact) mass is 194 g/mol. The van der Waals surface area contributed by atoms with Crippen molar-refractivity contribution in [1.29, 1.82) is 0 Å². The molecule has 0 spiro atoms. The van der Waals surface area contributed by atoms with E-state index in [1.54, 1.807) is 6.08 Å². The van der Waals surface area contributed by atoms with Gasteiger partial charge in [-0.1, -0.05) is 40.3 Å². The molecule has 0 saturated heterocycles. The van der Waals surface area contributed by atoms with Gasteiger partial charge in [-0.05, 0) is 18.9 Å². The number of allylic oxidation sites excluding steroid dienone is 3. The van der Waals surface area contributed by atoms with E-state index in [0.717, 1.165) is 5.70 Å². The van der Waals surface area contributed by atoms with Gasteiger partial charge in [0.25, 0.3) is 0 Å². The van der Waals surface area contributed by atoms with Gasteiger partial charge >= 0.3 is 0 Å². The van der Waals surface area contributed by atoms with Crippen molar-refractivity contribution in [2.45, 2.75) is 34.6 Å². The fourth-order valence-electron chi connectivity index (χ4n) is 0.838. The Morgan fingerprint density at radius 2 is 1.93 bits per heavy atom. The molecule has 0 aliphatic carbocycles. The van der Waals surface area contributed by atoms with Gasteiger partial charge in [0.2, 0.25) is 0 Å². The fourth-order valence-corrected chi connectivity index (χ4v) is 0.838. The summed E-state index contributed by atoms with van der Waals surface area (Å²) in [6, 6.07) is 0. The van der Waals surface area contributed by atoms with E-state index in [0.29, 0.717) is 11.8 Å². The molecule has 2 nitrogen and oxygen atoms in total. The molecule has 14 heavy (non-hydrogen) atoms. The van der Waals surface area contributed by atoms with Crippen LogP contribution in [0.3, 0.4) is 0 Å². The first-order valence-corrected chi connectivity index (χ1v) is 4.96. The average Bonchev–Trinajstić information content (AvgIpc) is 2.03. The summed E-state index contributed by atoms with van der Waals surface area (Å²) >= 11 is 0. The zero-order chi connectivity index (χ0) is 11.4. The van der Waals surface area contributed by atoms with Crippen LogP contribution < -0.4 is 5.73 Å². The summed E-state index contributed by atoms with van der Waals surface area (Å²) in [4.78, 5) is 4.34. The standard InChI is InChI=1S/C12H22N2/c1-7-8-10(4)14-11(13)12(5,6)9(2)3/h7-9H,1H2,2-6H3,(H2,13,14)/b10-8-. The van der Waals surface area contributed by atoms with E-state index in [2.05, 4.69) is 39.3 Å².